The molecule has 0 unspecified atom stereocenters. The number of thiazole rings is 1. The molecule has 0 saturated heterocycles. The molecule has 0 aliphatic carbocycles. The minimum atomic E-state index is -0.921. The van der Waals surface area contributed by atoms with Crippen molar-refractivity contribution in [3.8, 4) is 11.5 Å². The zero-order valence-corrected chi connectivity index (χ0v) is 22.8. The predicted molar refractivity (Wildman–Crippen MR) is 148 cm³/mol. The zero-order valence-electron chi connectivity index (χ0n) is 22.0. The molecule has 3 heterocycles. The maximum atomic E-state index is 14.2. The highest BCUT2D eigenvalue weighted by molar-refractivity contribution is 7.07. The number of para-hydroxylation sites is 1. The number of amides is 1. The number of allylic oxidation sites excluding steroid dienone is 1. The van der Waals surface area contributed by atoms with Gasteiger partial charge in [0.05, 0.1) is 43.4 Å². The Labute approximate surface area is 228 Å². The highest BCUT2D eigenvalue weighted by atomic mass is 32.1. The Morgan fingerprint density at radius 2 is 1.92 bits per heavy atom. The summed E-state index contributed by atoms with van der Waals surface area (Å²) in [6, 6.07) is 11.6. The third-order valence-electron chi connectivity index (χ3n) is 6.69. The smallest absolute Gasteiger partial charge is 0.338 e. The van der Waals surface area contributed by atoms with E-state index >= 15 is 0 Å². The van der Waals surface area contributed by atoms with Crippen molar-refractivity contribution in [3.05, 3.63) is 97.2 Å². The van der Waals surface area contributed by atoms with Gasteiger partial charge in [-0.3, -0.25) is 14.2 Å². The summed E-state index contributed by atoms with van der Waals surface area (Å²) >= 11 is 1.11. The fourth-order valence-electron chi connectivity index (χ4n) is 5.00. The molecule has 0 saturated carbocycles. The first kappa shape index (κ1) is 26.2. The van der Waals surface area contributed by atoms with E-state index in [4.69, 9.17) is 14.2 Å². The summed E-state index contributed by atoms with van der Waals surface area (Å²) < 4.78 is 18.2. The number of carbonyl (C=O) groups is 2. The number of fused-ring (bicyclic) bond motifs is 2. The molecule has 2 aliphatic heterocycles. The van der Waals surface area contributed by atoms with E-state index in [2.05, 4.69) is 11.6 Å². The molecule has 39 heavy (non-hydrogen) atoms. The van der Waals surface area contributed by atoms with Crippen molar-refractivity contribution in [1.29, 1.82) is 0 Å². The van der Waals surface area contributed by atoms with Gasteiger partial charge in [0.15, 0.2) is 4.80 Å². The third kappa shape index (κ3) is 4.17. The molecule has 3 aromatic rings. The van der Waals surface area contributed by atoms with Crippen LogP contribution in [-0.2, 0) is 14.3 Å². The molecular weight excluding hydrogens is 518 g/mol. The fourth-order valence-corrected chi connectivity index (χ4v) is 6.14. The van der Waals surface area contributed by atoms with Crippen molar-refractivity contribution in [2.45, 2.75) is 19.9 Å². The summed E-state index contributed by atoms with van der Waals surface area (Å²) in [5.41, 5.74) is 2.36. The van der Waals surface area contributed by atoms with Crippen molar-refractivity contribution in [1.82, 2.24) is 4.57 Å². The molecule has 0 radical (unpaired) electrons. The lowest BCUT2D eigenvalue weighted by Crippen LogP contribution is -2.41. The van der Waals surface area contributed by atoms with E-state index in [1.165, 1.54) is 18.8 Å². The molecule has 1 aromatic heterocycles. The zero-order chi connectivity index (χ0) is 27.8. The van der Waals surface area contributed by atoms with Gasteiger partial charge in [-0.05, 0) is 38.1 Å². The van der Waals surface area contributed by atoms with Gasteiger partial charge in [-0.2, -0.15) is 0 Å². The Morgan fingerprint density at radius 3 is 2.62 bits per heavy atom. The molecule has 2 aliphatic rings. The Balaban J connectivity index is 1.86. The van der Waals surface area contributed by atoms with Crippen LogP contribution in [-0.4, -0.2) is 43.8 Å². The van der Waals surface area contributed by atoms with Gasteiger partial charge in [-0.15, -0.1) is 6.58 Å². The van der Waals surface area contributed by atoms with E-state index in [0.717, 1.165) is 11.3 Å². The number of hydrogen-bond donors (Lipinski definition) is 0. The lowest BCUT2D eigenvalue weighted by atomic mass is 9.94. The third-order valence-corrected chi connectivity index (χ3v) is 7.74. The number of nitrogens with zero attached hydrogens (tertiary/aromatic N) is 3. The van der Waals surface area contributed by atoms with E-state index in [1.54, 1.807) is 43.0 Å². The van der Waals surface area contributed by atoms with Crippen LogP contribution in [0.15, 0.2) is 76.2 Å². The van der Waals surface area contributed by atoms with Crippen LogP contribution < -0.4 is 29.3 Å². The molecule has 0 spiro atoms. The summed E-state index contributed by atoms with van der Waals surface area (Å²) in [6.45, 7) is 7.63. The largest absolute Gasteiger partial charge is 0.497 e. The van der Waals surface area contributed by atoms with Gasteiger partial charge in [0.2, 0.25) is 0 Å². The lowest BCUT2D eigenvalue weighted by molar-refractivity contribution is -0.139. The standard InChI is InChI=1S/C29H27N3O6S/c1-6-14-31-20-11-9-8-10-18(20)23(26(31)33)25-27(34)32-24(19-15-17(36-4)12-13-21(19)37-5)22(28(35)38-7-2)16(3)30-29(32)39-25/h6,8-13,15,24H,1,7,14H2,2-5H3/b25-23+/t24-/m1/s1. The van der Waals surface area contributed by atoms with E-state index < -0.39 is 17.6 Å². The maximum Gasteiger partial charge on any atom is 0.338 e. The van der Waals surface area contributed by atoms with Crippen LogP contribution in [0.25, 0.3) is 5.57 Å². The molecule has 5 rings (SSSR count). The lowest BCUT2D eigenvalue weighted by Gasteiger charge is -2.26. The number of aromatic nitrogens is 1. The highest BCUT2D eigenvalue weighted by Crippen LogP contribution is 2.38. The normalized spacial score (nSPS) is 17.4. The van der Waals surface area contributed by atoms with Gasteiger partial charge < -0.3 is 19.1 Å². The van der Waals surface area contributed by atoms with Crippen molar-refractivity contribution in [3.63, 3.8) is 0 Å². The molecule has 2 aromatic carbocycles. The number of carbonyl (C=O) groups excluding carboxylic acids is 2. The Hall–Kier alpha value is -4.44. The number of ether oxygens (including phenoxy) is 3. The summed E-state index contributed by atoms with van der Waals surface area (Å²) in [6.07, 6.45) is 1.64. The van der Waals surface area contributed by atoms with Crippen LogP contribution in [0.3, 0.4) is 0 Å². The van der Waals surface area contributed by atoms with Gasteiger partial charge in [-0.25, -0.2) is 9.79 Å². The van der Waals surface area contributed by atoms with Gasteiger partial charge >= 0.3 is 5.97 Å². The number of hydrogen-bond acceptors (Lipinski definition) is 8. The summed E-state index contributed by atoms with van der Waals surface area (Å²) in [5.74, 6) is 0.0905. The minimum absolute atomic E-state index is 0.149. The quantitative estimate of drug-likeness (QED) is 0.335. The number of methoxy groups -OCH3 is 2. The van der Waals surface area contributed by atoms with Crippen LogP contribution in [0.5, 0.6) is 11.5 Å². The maximum absolute atomic E-state index is 14.2. The van der Waals surface area contributed by atoms with E-state index in [9.17, 15) is 14.4 Å². The first-order valence-electron chi connectivity index (χ1n) is 12.3. The fraction of sp³-hybridized carbons (Fsp3) is 0.241. The van der Waals surface area contributed by atoms with Crippen LogP contribution >= 0.6 is 11.3 Å². The molecule has 1 atom stereocenters. The molecule has 9 nitrogen and oxygen atoms in total. The molecule has 1 amide bonds. The summed E-state index contributed by atoms with van der Waals surface area (Å²) in [5, 5.41) is 0. The summed E-state index contributed by atoms with van der Waals surface area (Å²) in [7, 11) is 3.05. The summed E-state index contributed by atoms with van der Waals surface area (Å²) in [4.78, 5) is 47.7. The minimum Gasteiger partial charge on any atom is -0.497 e. The van der Waals surface area contributed by atoms with Crippen molar-refractivity contribution in [2.75, 3.05) is 32.3 Å². The monoisotopic (exact) mass is 545 g/mol. The second kappa shape index (κ2) is 10.4. The van der Waals surface area contributed by atoms with Gasteiger partial charge in [-0.1, -0.05) is 35.6 Å². The van der Waals surface area contributed by atoms with Gasteiger partial charge in [0, 0.05) is 17.7 Å². The first-order valence-corrected chi connectivity index (χ1v) is 13.1. The molecule has 10 heteroatoms. The van der Waals surface area contributed by atoms with Crippen molar-refractivity contribution >= 4 is 34.5 Å². The SMILES string of the molecule is C=CCN1C(=O)/C(=c2/sc3n(c2=O)[C@H](c2cc(OC)ccc2OC)C(C(=O)OCC)=C(C)N=3)c2ccccc21. The Bertz CT molecular complexity index is 1730. The molecule has 200 valence electrons. The van der Waals surface area contributed by atoms with Crippen molar-refractivity contribution < 1.29 is 23.8 Å². The average Bonchev–Trinajstić information content (AvgIpc) is 3.40. The Kier molecular flexibility index (Phi) is 6.96. The molecule has 0 bridgehead atoms. The van der Waals surface area contributed by atoms with Crippen LogP contribution in [0, 0.1) is 0 Å². The van der Waals surface area contributed by atoms with E-state index in [0.29, 0.717) is 50.9 Å². The van der Waals surface area contributed by atoms with Gasteiger partial charge in [0.1, 0.15) is 22.1 Å². The topological polar surface area (TPSA) is 99.4 Å². The number of esters is 1. The average molecular weight is 546 g/mol. The van der Waals surface area contributed by atoms with Crippen LogP contribution in [0.4, 0.5) is 5.69 Å². The number of rotatable bonds is 7. The molecule has 0 fully saturated rings. The van der Waals surface area contributed by atoms with Crippen molar-refractivity contribution in [2.24, 2.45) is 4.99 Å². The second-order valence-corrected chi connectivity index (χ2v) is 9.80. The van der Waals surface area contributed by atoms with Crippen LogP contribution in [0.2, 0.25) is 0 Å². The van der Waals surface area contributed by atoms with Gasteiger partial charge in [0.25, 0.3) is 11.5 Å². The van der Waals surface area contributed by atoms with E-state index in [1.807, 2.05) is 24.3 Å². The molecular formula is C29H27N3O6S. The number of anilines is 1. The number of benzene rings is 2. The second-order valence-electron chi connectivity index (χ2n) is 8.83. The predicted octanol–water partition coefficient (Wildman–Crippen LogP) is 2.72. The highest BCUT2D eigenvalue weighted by Gasteiger charge is 2.38. The van der Waals surface area contributed by atoms with E-state index in [-0.39, 0.29) is 22.6 Å². The molecule has 0 N–H and O–H groups in total. The first-order chi connectivity index (χ1) is 18.9. The van der Waals surface area contributed by atoms with Crippen LogP contribution in [0.1, 0.15) is 31.0 Å². The Morgan fingerprint density at radius 1 is 1.15 bits per heavy atom.